The molecule has 1 heterocycles. The van der Waals surface area contributed by atoms with E-state index >= 15 is 4.39 Å². The third-order valence-electron chi connectivity index (χ3n) is 5.84. The SMILES string of the molecule is COc1cc2c(F)c(N3CC(=O)NS3(=O)=O)c(OCc3ccccc3)cc2cc1OCc1ccccc1. The van der Waals surface area contributed by atoms with Crippen molar-refractivity contribution < 1.29 is 31.8 Å². The van der Waals surface area contributed by atoms with Gasteiger partial charge in [0.2, 0.25) is 0 Å². The van der Waals surface area contributed by atoms with Crippen molar-refractivity contribution in [2.24, 2.45) is 0 Å². The van der Waals surface area contributed by atoms with E-state index in [1.54, 1.807) is 6.07 Å². The quantitative estimate of drug-likeness (QED) is 0.370. The molecule has 0 atom stereocenters. The Bertz CT molecular complexity index is 1560. The molecule has 1 amide bonds. The van der Waals surface area contributed by atoms with Gasteiger partial charge in [-0.15, -0.1) is 0 Å². The topological polar surface area (TPSA) is 94.2 Å². The van der Waals surface area contributed by atoms with E-state index in [2.05, 4.69) is 0 Å². The summed E-state index contributed by atoms with van der Waals surface area (Å²) in [5.74, 6) is -1.02. The molecular formula is C27H23FN2O6S. The van der Waals surface area contributed by atoms with E-state index in [1.165, 1.54) is 19.2 Å². The number of halogens is 1. The average molecular weight is 523 g/mol. The fourth-order valence-corrected chi connectivity index (χ4v) is 5.22. The second-order valence-electron chi connectivity index (χ2n) is 8.35. The van der Waals surface area contributed by atoms with Crippen molar-refractivity contribution in [2.75, 3.05) is 18.0 Å². The van der Waals surface area contributed by atoms with Crippen molar-refractivity contribution >= 4 is 32.6 Å². The number of anilines is 1. The van der Waals surface area contributed by atoms with Gasteiger partial charge >= 0.3 is 10.2 Å². The highest BCUT2D eigenvalue weighted by Gasteiger charge is 2.38. The Morgan fingerprint density at radius 1 is 0.865 bits per heavy atom. The third kappa shape index (κ3) is 5.01. The summed E-state index contributed by atoms with van der Waals surface area (Å²) >= 11 is 0. The third-order valence-corrected chi connectivity index (χ3v) is 7.22. The summed E-state index contributed by atoms with van der Waals surface area (Å²) in [4.78, 5) is 11.9. The Morgan fingerprint density at radius 2 is 1.43 bits per heavy atom. The van der Waals surface area contributed by atoms with E-state index in [1.807, 2.05) is 65.4 Å². The van der Waals surface area contributed by atoms with Gasteiger partial charge in [-0.05, 0) is 34.7 Å². The standard InChI is InChI=1S/C27H23FN2O6S/c1-34-22-14-21-20(12-23(22)35-16-18-8-4-2-5-9-18)13-24(36-17-19-10-6-3-7-11-19)27(26(21)28)30-15-25(31)29-37(30,32)33/h2-14H,15-17H2,1H3,(H,29,31). The summed E-state index contributed by atoms with van der Waals surface area (Å²) in [7, 11) is -2.86. The summed E-state index contributed by atoms with van der Waals surface area (Å²) < 4.78 is 61.1. The molecular weight excluding hydrogens is 499 g/mol. The number of nitrogens with zero attached hydrogens (tertiary/aromatic N) is 1. The smallest absolute Gasteiger partial charge is 0.326 e. The van der Waals surface area contributed by atoms with Crippen LogP contribution in [0.3, 0.4) is 0 Å². The predicted octanol–water partition coefficient (Wildman–Crippen LogP) is 4.33. The highest BCUT2D eigenvalue weighted by atomic mass is 32.2. The Kier molecular flexibility index (Phi) is 6.58. The molecule has 8 nitrogen and oxygen atoms in total. The summed E-state index contributed by atoms with van der Waals surface area (Å²) in [6.07, 6.45) is 0. The van der Waals surface area contributed by atoms with Crippen molar-refractivity contribution in [3.8, 4) is 17.2 Å². The van der Waals surface area contributed by atoms with Gasteiger partial charge in [-0.2, -0.15) is 8.42 Å². The highest BCUT2D eigenvalue weighted by Crippen LogP contribution is 2.43. The second kappa shape index (κ2) is 9.98. The van der Waals surface area contributed by atoms with E-state index in [0.29, 0.717) is 15.4 Å². The van der Waals surface area contributed by atoms with Crippen LogP contribution in [0.5, 0.6) is 17.2 Å². The van der Waals surface area contributed by atoms with Crippen LogP contribution in [-0.4, -0.2) is 28.0 Å². The van der Waals surface area contributed by atoms with Crippen LogP contribution in [0.4, 0.5) is 10.1 Å². The average Bonchev–Trinajstić information content (AvgIpc) is 3.18. The number of amides is 1. The number of rotatable bonds is 8. The lowest BCUT2D eigenvalue weighted by molar-refractivity contribution is -0.117. The maximum Gasteiger partial charge on any atom is 0.326 e. The van der Waals surface area contributed by atoms with Crippen molar-refractivity contribution in [1.82, 2.24) is 4.72 Å². The van der Waals surface area contributed by atoms with Crippen LogP contribution < -0.4 is 23.2 Å². The van der Waals surface area contributed by atoms with Crippen molar-refractivity contribution in [1.29, 1.82) is 0 Å². The van der Waals surface area contributed by atoms with Gasteiger partial charge in [-0.25, -0.2) is 13.4 Å². The van der Waals surface area contributed by atoms with Gasteiger partial charge < -0.3 is 14.2 Å². The Hall–Kier alpha value is -4.31. The van der Waals surface area contributed by atoms with Crippen LogP contribution in [0.2, 0.25) is 0 Å². The number of hydrogen-bond donors (Lipinski definition) is 1. The molecule has 10 heteroatoms. The Labute approximate surface area is 213 Å². The zero-order chi connectivity index (χ0) is 26.0. The first-order valence-electron chi connectivity index (χ1n) is 11.4. The number of benzene rings is 4. The molecule has 1 aliphatic heterocycles. The van der Waals surface area contributed by atoms with Gasteiger partial charge in [0, 0.05) is 5.39 Å². The number of carbonyl (C=O) groups excluding carboxylic acids is 1. The molecule has 0 unspecified atom stereocenters. The maximum atomic E-state index is 16.1. The van der Waals surface area contributed by atoms with Crippen LogP contribution in [-0.2, 0) is 28.2 Å². The minimum Gasteiger partial charge on any atom is -0.493 e. The van der Waals surface area contributed by atoms with Crippen molar-refractivity contribution in [3.63, 3.8) is 0 Å². The first-order valence-corrected chi connectivity index (χ1v) is 12.8. The molecule has 1 fully saturated rings. The number of fused-ring (bicyclic) bond motifs is 1. The van der Waals surface area contributed by atoms with Crippen LogP contribution in [0.25, 0.3) is 10.8 Å². The molecule has 1 saturated heterocycles. The van der Waals surface area contributed by atoms with E-state index in [-0.39, 0.29) is 35.8 Å². The van der Waals surface area contributed by atoms with Crippen LogP contribution in [0.15, 0.2) is 78.9 Å². The molecule has 0 radical (unpaired) electrons. The maximum absolute atomic E-state index is 16.1. The number of hydrogen-bond acceptors (Lipinski definition) is 6. The molecule has 4 aromatic carbocycles. The lowest BCUT2D eigenvalue weighted by Gasteiger charge is -2.22. The first-order chi connectivity index (χ1) is 17.9. The van der Waals surface area contributed by atoms with E-state index in [0.717, 1.165) is 11.1 Å². The molecule has 0 bridgehead atoms. The fraction of sp³-hybridized carbons (Fsp3) is 0.148. The summed E-state index contributed by atoms with van der Waals surface area (Å²) in [6, 6.07) is 23.3. The predicted molar refractivity (Wildman–Crippen MR) is 136 cm³/mol. The molecule has 0 spiro atoms. The number of nitrogens with one attached hydrogen (secondary N) is 1. The molecule has 0 aromatic heterocycles. The van der Waals surface area contributed by atoms with Gasteiger partial charge in [0.25, 0.3) is 5.91 Å². The van der Waals surface area contributed by atoms with Crippen LogP contribution in [0.1, 0.15) is 11.1 Å². The Morgan fingerprint density at radius 3 is 1.97 bits per heavy atom. The van der Waals surface area contributed by atoms with Gasteiger partial charge in [-0.1, -0.05) is 60.7 Å². The van der Waals surface area contributed by atoms with E-state index in [4.69, 9.17) is 14.2 Å². The summed E-state index contributed by atoms with van der Waals surface area (Å²) in [6.45, 7) is -0.246. The highest BCUT2D eigenvalue weighted by molar-refractivity contribution is 7.92. The number of carbonyl (C=O) groups is 1. The van der Waals surface area contributed by atoms with Gasteiger partial charge in [0.1, 0.15) is 31.2 Å². The van der Waals surface area contributed by atoms with Crippen LogP contribution in [0, 0.1) is 5.82 Å². The second-order valence-corrected chi connectivity index (χ2v) is 9.94. The molecule has 0 aliphatic carbocycles. The van der Waals surface area contributed by atoms with E-state index < -0.39 is 28.5 Å². The summed E-state index contributed by atoms with van der Waals surface area (Å²) in [5.41, 5.74) is 1.38. The van der Waals surface area contributed by atoms with Gasteiger partial charge in [0.15, 0.2) is 17.3 Å². The minimum absolute atomic E-state index is 0.0342. The molecule has 4 aromatic rings. The zero-order valence-corrected chi connectivity index (χ0v) is 20.6. The monoisotopic (exact) mass is 522 g/mol. The lowest BCUT2D eigenvalue weighted by atomic mass is 10.1. The number of methoxy groups -OCH3 is 1. The Balaban J connectivity index is 1.60. The first kappa shape index (κ1) is 24.4. The molecule has 5 rings (SSSR count). The zero-order valence-electron chi connectivity index (χ0n) is 19.8. The molecule has 1 aliphatic rings. The number of ether oxygens (including phenoxy) is 3. The molecule has 190 valence electrons. The van der Waals surface area contributed by atoms with E-state index in [9.17, 15) is 13.2 Å². The molecule has 37 heavy (non-hydrogen) atoms. The largest absolute Gasteiger partial charge is 0.493 e. The van der Waals surface area contributed by atoms with Gasteiger partial charge in [-0.3, -0.25) is 4.79 Å². The fourth-order valence-electron chi connectivity index (χ4n) is 4.06. The summed E-state index contributed by atoms with van der Waals surface area (Å²) in [5, 5.41) is 0.490. The normalized spacial score (nSPS) is 14.4. The molecule has 1 N–H and O–H groups in total. The minimum atomic E-state index is -4.29. The van der Waals surface area contributed by atoms with Crippen molar-refractivity contribution in [3.05, 3.63) is 95.8 Å². The van der Waals surface area contributed by atoms with Crippen molar-refractivity contribution in [2.45, 2.75) is 13.2 Å². The van der Waals surface area contributed by atoms with Crippen LogP contribution >= 0.6 is 0 Å². The molecule has 0 saturated carbocycles. The lowest BCUT2D eigenvalue weighted by Crippen LogP contribution is -2.30. The van der Waals surface area contributed by atoms with Gasteiger partial charge in [0.05, 0.1) is 7.11 Å².